The highest BCUT2D eigenvalue weighted by atomic mass is 35.5. The zero-order chi connectivity index (χ0) is 20.0. The van der Waals surface area contributed by atoms with E-state index >= 15 is 0 Å². The number of benzene rings is 1. The Kier molecular flexibility index (Phi) is 7.00. The van der Waals surface area contributed by atoms with E-state index in [4.69, 9.17) is 25.8 Å². The molecule has 1 heterocycles. The van der Waals surface area contributed by atoms with E-state index in [1.165, 1.54) is 20.1 Å². The minimum Gasteiger partial charge on any atom is -0.490 e. The number of hydrogen-bond acceptors (Lipinski definition) is 8. The van der Waals surface area contributed by atoms with Crippen LogP contribution in [0.4, 0.5) is 0 Å². The molecule has 27 heavy (non-hydrogen) atoms. The standard InChI is InChI=1S/C17H20ClN3O6/c1-5-25-12-8-10(13-14(20-21-19-13)17(23)26-6-2)7-11(18)15(12)27-9(3)16(22)24-4/h7-9H,5-6H2,1-4H3,(H,19,20,21). The third kappa shape index (κ3) is 4.68. The summed E-state index contributed by atoms with van der Waals surface area (Å²) >= 11 is 6.34. The number of aromatic nitrogens is 3. The normalized spacial score (nSPS) is 11.6. The molecule has 0 saturated heterocycles. The second kappa shape index (κ2) is 9.22. The Balaban J connectivity index is 2.46. The average Bonchev–Trinajstić information content (AvgIpc) is 3.13. The molecule has 0 saturated carbocycles. The predicted octanol–water partition coefficient (Wildman–Crippen LogP) is 2.64. The van der Waals surface area contributed by atoms with Gasteiger partial charge in [-0.15, -0.1) is 5.10 Å². The first-order valence-electron chi connectivity index (χ1n) is 8.21. The molecule has 0 fully saturated rings. The van der Waals surface area contributed by atoms with Crippen LogP contribution in [-0.2, 0) is 14.3 Å². The van der Waals surface area contributed by atoms with Crippen molar-refractivity contribution < 1.29 is 28.5 Å². The van der Waals surface area contributed by atoms with Gasteiger partial charge in [0.15, 0.2) is 23.3 Å². The van der Waals surface area contributed by atoms with Crippen LogP contribution in [0.3, 0.4) is 0 Å². The van der Waals surface area contributed by atoms with Crippen molar-refractivity contribution >= 4 is 23.5 Å². The topological polar surface area (TPSA) is 113 Å². The number of methoxy groups -OCH3 is 1. The summed E-state index contributed by atoms with van der Waals surface area (Å²) in [5, 5.41) is 10.4. The predicted molar refractivity (Wildman–Crippen MR) is 96.1 cm³/mol. The van der Waals surface area contributed by atoms with E-state index in [1.54, 1.807) is 19.9 Å². The van der Waals surface area contributed by atoms with Gasteiger partial charge in [-0.3, -0.25) is 0 Å². The van der Waals surface area contributed by atoms with Crippen LogP contribution in [-0.4, -0.2) is 53.8 Å². The van der Waals surface area contributed by atoms with E-state index in [9.17, 15) is 9.59 Å². The molecule has 10 heteroatoms. The number of hydrogen-bond donors (Lipinski definition) is 1. The van der Waals surface area contributed by atoms with Gasteiger partial charge in [0.25, 0.3) is 0 Å². The van der Waals surface area contributed by atoms with E-state index in [-0.39, 0.29) is 34.5 Å². The molecule has 0 aliphatic carbocycles. The zero-order valence-corrected chi connectivity index (χ0v) is 16.1. The number of halogens is 1. The minimum absolute atomic E-state index is 0.0203. The van der Waals surface area contributed by atoms with Crippen molar-refractivity contribution in [3.63, 3.8) is 0 Å². The number of nitrogens with one attached hydrogen (secondary N) is 1. The maximum absolute atomic E-state index is 12.0. The first-order valence-corrected chi connectivity index (χ1v) is 8.59. The van der Waals surface area contributed by atoms with Gasteiger partial charge in [0, 0.05) is 5.56 Å². The highest BCUT2D eigenvalue weighted by molar-refractivity contribution is 6.32. The third-order valence-corrected chi connectivity index (χ3v) is 3.71. The van der Waals surface area contributed by atoms with Crippen LogP contribution in [0.15, 0.2) is 12.1 Å². The Morgan fingerprint density at radius 3 is 2.59 bits per heavy atom. The first-order chi connectivity index (χ1) is 12.9. The molecule has 2 aromatic rings. The van der Waals surface area contributed by atoms with Crippen molar-refractivity contribution in [1.82, 2.24) is 15.4 Å². The second-order valence-electron chi connectivity index (χ2n) is 5.24. The second-order valence-corrected chi connectivity index (χ2v) is 5.65. The van der Waals surface area contributed by atoms with Crippen LogP contribution < -0.4 is 9.47 Å². The van der Waals surface area contributed by atoms with Gasteiger partial charge in [0.1, 0.15) is 5.69 Å². The lowest BCUT2D eigenvalue weighted by molar-refractivity contribution is -0.147. The Hall–Kier alpha value is -2.81. The fourth-order valence-corrected chi connectivity index (χ4v) is 2.50. The van der Waals surface area contributed by atoms with E-state index in [0.717, 1.165) is 0 Å². The van der Waals surface area contributed by atoms with Gasteiger partial charge in [-0.2, -0.15) is 10.3 Å². The quantitative estimate of drug-likeness (QED) is 0.676. The summed E-state index contributed by atoms with van der Waals surface area (Å²) in [6, 6.07) is 3.12. The fourth-order valence-electron chi connectivity index (χ4n) is 2.25. The molecule has 1 N–H and O–H groups in total. The Bertz CT molecular complexity index is 823. The fraction of sp³-hybridized carbons (Fsp3) is 0.412. The number of aromatic amines is 1. The van der Waals surface area contributed by atoms with Crippen molar-refractivity contribution in [3.8, 4) is 22.8 Å². The van der Waals surface area contributed by atoms with Crippen molar-refractivity contribution in [1.29, 1.82) is 0 Å². The monoisotopic (exact) mass is 397 g/mol. The van der Waals surface area contributed by atoms with Crippen LogP contribution in [0.5, 0.6) is 11.5 Å². The van der Waals surface area contributed by atoms with Crippen LogP contribution in [0.2, 0.25) is 5.02 Å². The van der Waals surface area contributed by atoms with E-state index in [0.29, 0.717) is 12.2 Å². The van der Waals surface area contributed by atoms with Crippen molar-refractivity contribution in [2.24, 2.45) is 0 Å². The Morgan fingerprint density at radius 2 is 1.96 bits per heavy atom. The molecule has 0 aliphatic heterocycles. The molecule has 146 valence electrons. The van der Waals surface area contributed by atoms with Crippen LogP contribution in [0.25, 0.3) is 11.3 Å². The maximum atomic E-state index is 12.0. The largest absolute Gasteiger partial charge is 0.490 e. The third-order valence-electron chi connectivity index (χ3n) is 3.43. The number of nitrogens with zero attached hydrogens (tertiary/aromatic N) is 2. The van der Waals surface area contributed by atoms with Gasteiger partial charge in [-0.05, 0) is 32.9 Å². The van der Waals surface area contributed by atoms with Gasteiger partial charge >= 0.3 is 11.9 Å². The number of esters is 2. The van der Waals surface area contributed by atoms with Gasteiger partial charge in [0.05, 0.1) is 25.3 Å². The van der Waals surface area contributed by atoms with Crippen LogP contribution in [0, 0.1) is 0 Å². The molecule has 0 radical (unpaired) electrons. The Morgan fingerprint density at radius 1 is 1.22 bits per heavy atom. The molecule has 0 amide bonds. The van der Waals surface area contributed by atoms with Crippen molar-refractivity contribution in [3.05, 3.63) is 22.8 Å². The van der Waals surface area contributed by atoms with Gasteiger partial charge < -0.3 is 18.9 Å². The number of ether oxygens (including phenoxy) is 4. The van der Waals surface area contributed by atoms with Crippen LogP contribution >= 0.6 is 11.6 Å². The SMILES string of the molecule is CCOC(=O)c1n[nH]nc1-c1cc(Cl)c(OC(C)C(=O)OC)c(OCC)c1. The minimum atomic E-state index is -0.889. The lowest BCUT2D eigenvalue weighted by Gasteiger charge is -2.18. The summed E-state index contributed by atoms with van der Waals surface area (Å²) in [4.78, 5) is 23.7. The molecule has 1 aromatic carbocycles. The molecular weight excluding hydrogens is 378 g/mol. The highest BCUT2D eigenvalue weighted by Gasteiger charge is 2.24. The smallest absolute Gasteiger partial charge is 0.361 e. The summed E-state index contributed by atoms with van der Waals surface area (Å²) in [6.45, 7) is 5.54. The summed E-state index contributed by atoms with van der Waals surface area (Å²) in [6.07, 6.45) is -0.889. The van der Waals surface area contributed by atoms with Gasteiger partial charge in [-0.1, -0.05) is 11.6 Å². The maximum Gasteiger partial charge on any atom is 0.361 e. The number of carbonyl (C=O) groups excluding carboxylic acids is 2. The summed E-state index contributed by atoms with van der Waals surface area (Å²) < 4.78 is 20.8. The average molecular weight is 398 g/mol. The molecule has 1 unspecified atom stereocenters. The molecule has 1 atom stereocenters. The molecule has 0 bridgehead atoms. The number of carbonyl (C=O) groups is 2. The van der Waals surface area contributed by atoms with E-state index in [2.05, 4.69) is 20.1 Å². The number of rotatable bonds is 8. The number of H-pyrrole nitrogens is 1. The lowest BCUT2D eigenvalue weighted by atomic mass is 10.1. The molecule has 1 aromatic heterocycles. The summed E-state index contributed by atoms with van der Waals surface area (Å²) in [7, 11) is 1.26. The van der Waals surface area contributed by atoms with Gasteiger partial charge in [0.2, 0.25) is 0 Å². The zero-order valence-electron chi connectivity index (χ0n) is 15.4. The first kappa shape index (κ1) is 20.5. The van der Waals surface area contributed by atoms with Gasteiger partial charge in [-0.25, -0.2) is 9.59 Å². The van der Waals surface area contributed by atoms with Crippen molar-refractivity contribution in [2.45, 2.75) is 26.9 Å². The van der Waals surface area contributed by atoms with E-state index < -0.39 is 18.0 Å². The highest BCUT2D eigenvalue weighted by Crippen LogP contribution is 2.40. The summed E-state index contributed by atoms with van der Waals surface area (Å²) in [5.41, 5.74) is 0.745. The summed E-state index contributed by atoms with van der Waals surface area (Å²) in [5.74, 6) is -0.705. The molecular formula is C17H20ClN3O6. The Labute approximate surface area is 160 Å². The molecule has 0 spiro atoms. The van der Waals surface area contributed by atoms with Crippen LogP contribution in [0.1, 0.15) is 31.3 Å². The lowest BCUT2D eigenvalue weighted by Crippen LogP contribution is -2.25. The van der Waals surface area contributed by atoms with E-state index in [1.807, 2.05) is 0 Å². The van der Waals surface area contributed by atoms with Crippen molar-refractivity contribution in [2.75, 3.05) is 20.3 Å². The molecule has 9 nitrogen and oxygen atoms in total. The molecule has 2 rings (SSSR count). The molecule has 0 aliphatic rings.